The first-order valence-electron chi connectivity index (χ1n) is 7.69. The van der Waals surface area contributed by atoms with E-state index in [4.69, 9.17) is 0 Å². The van der Waals surface area contributed by atoms with Crippen molar-refractivity contribution in [3.8, 4) is 0 Å². The molecule has 3 aliphatic rings. The molecule has 0 amide bonds. The topological polar surface area (TPSA) is 43.6 Å². The molecule has 5 nitrogen and oxygen atoms in total. The van der Waals surface area contributed by atoms with Gasteiger partial charge in [-0.25, -0.2) is 8.42 Å². The number of hydrogen-bond acceptors (Lipinski definition) is 5. The Hall–Kier alpha value is -0.600. The number of piperazine rings is 1. The summed E-state index contributed by atoms with van der Waals surface area (Å²) in [4.78, 5) is 5.03. The Bertz CT molecular complexity index is 644. The molecule has 7 heteroatoms. The smallest absolute Gasteiger partial charge is 0.211 e. The standard InChI is InChI=1S/C15H21N3O2S2/c1-22(19,20)17-9-7-16(8-10-17)14-15-18(14)13(11-21-15)12-5-3-2-4-6-12/h2-6,13-15H,7-11H2,1H3. The van der Waals surface area contributed by atoms with Gasteiger partial charge in [0.25, 0.3) is 0 Å². The van der Waals surface area contributed by atoms with Gasteiger partial charge in [-0.2, -0.15) is 4.31 Å². The average Bonchev–Trinajstić information content (AvgIpc) is 3.07. The second-order valence-corrected chi connectivity index (χ2v) is 9.34. The van der Waals surface area contributed by atoms with Gasteiger partial charge in [0.05, 0.1) is 17.8 Å². The van der Waals surface area contributed by atoms with E-state index >= 15 is 0 Å². The molecule has 3 fully saturated rings. The summed E-state index contributed by atoms with van der Waals surface area (Å²) in [6.07, 6.45) is 1.80. The van der Waals surface area contributed by atoms with Gasteiger partial charge < -0.3 is 0 Å². The van der Waals surface area contributed by atoms with Crippen molar-refractivity contribution in [3.05, 3.63) is 35.9 Å². The first kappa shape index (κ1) is 15.0. The minimum atomic E-state index is -3.04. The summed E-state index contributed by atoms with van der Waals surface area (Å²) in [6, 6.07) is 11.2. The Balaban J connectivity index is 1.41. The molecule has 3 heterocycles. The average molecular weight is 339 g/mol. The number of hydrogen-bond donors (Lipinski definition) is 0. The lowest BCUT2D eigenvalue weighted by Crippen LogP contribution is -2.50. The highest BCUT2D eigenvalue weighted by molar-refractivity contribution is 8.00. The molecule has 22 heavy (non-hydrogen) atoms. The van der Waals surface area contributed by atoms with Gasteiger partial charge in [-0.05, 0) is 5.56 Å². The first-order valence-corrected chi connectivity index (χ1v) is 10.6. The zero-order chi connectivity index (χ0) is 15.3. The fourth-order valence-electron chi connectivity index (χ4n) is 3.63. The van der Waals surface area contributed by atoms with Crippen LogP contribution in [0.2, 0.25) is 0 Å². The summed E-state index contributed by atoms with van der Waals surface area (Å²) >= 11 is 2.03. The van der Waals surface area contributed by atoms with Gasteiger partial charge in [0.1, 0.15) is 0 Å². The monoisotopic (exact) mass is 339 g/mol. The summed E-state index contributed by atoms with van der Waals surface area (Å²) in [5.41, 5.74) is 1.40. The molecule has 4 unspecified atom stereocenters. The molecule has 0 spiro atoms. The predicted octanol–water partition coefficient (Wildman–Crippen LogP) is 1.02. The molecule has 3 saturated heterocycles. The molecule has 120 valence electrons. The second-order valence-electron chi connectivity index (χ2n) is 6.21. The molecular weight excluding hydrogens is 318 g/mol. The van der Waals surface area contributed by atoms with E-state index in [9.17, 15) is 8.42 Å². The van der Waals surface area contributed by atoms with Crippen LogP contribution in [0.15, 0.2) is 30.3 Å². The van der Waals surface area contributed by atoms with Crippen molar-refractivity contribution in [1.82, 2.24) is 14.1 Å². The van der Waals surface area contributed by atoms with Gasteiger partial charge in [-0.1, -0.05) is 30.3 Å². The zero-order valence-corrected chi connectivity index (χ0v) is 14.3. The van der Waals surface area contributed by atoms with E-state index in [0.717, 1.165) is 18.8 Å². The summed E-state index contributed by atoms with van der Waals surface area (Å²) in [6.45, 7) is 2.92. The highest BCUT2D eigenvalue weighted by Crippen LogP contribution is 2.54. The second kappa shape index (κ2) is 5.49. The van der Waals surface area contributed by atoms with E-state index in [0.29, 0.717) is 30.7 Å². The van der Waals surface area contributed by atoms with Gasteiger partial charge in [0.15, 0.2) is 0 Å². The fourth-order valence-corrected chi connectivity index (χ4v) is 6.06. The number of nitrogens with zero attached hydrogens (tertiary/aromatic N) is 3. The van der Waals surface area contributed by atoms with Crippen LogP contribution < -0.4 is 0 Å². The largest absolute Gasteiger partial charge is 0.283 e. The van der Waals surface area contributed by atoms with Crippen LogP contribution in [-0.2, 0) is 10.0 Å². The maximum atomic E-state index is 11.6. The predicted molar refractivity (Wildman–Crippen MR) is 89.0 cm³/mol. The van der Waals surface area contributed by atoms with E-state index in [-0.39, 0.29) is 0 Å². The lowest BCUT2D eigenvalue weighted by atomic mass is 10.1. The fraction of sp³-hybridized carbons (Fsp3) is 0.600. The zero-order valence-electron chi connectivity index (χ0n) is 12.6. The molecule has 1 aromatic carbocycles. The summed E-state index contributed by atoms with van der Waals surface area (Å²) in [5, 5.41) is 0.593. The molecule has 0 bridgehead atoms. The van der Waals surface area contributed by atoms with Crippen molar-refractivity contribution < 1.29 is 8.42 Å². The number of sulfonamides is 1. The maximum Gasteiger partial charge on any atom is 0.211 e. The molecule has 4 atom stereocenters. The summed E-state index contributed by atoms with van der Waals surface area (Å²) in [5.74, 6) is 1.16. The van der Waals surface area contributed by atoms with Crippen molar-refractivity contribution in [2.24, 2.45) is 0 Å². The van der Waals surface area contributed by atoms with Crippen molar-refractivity contribution >= 4 is 21.8 Å². The molecule has 0 aromatic heterocycles. The van der Waals surface area contributed by atoms with E-state index in [1.54, 1.807) is 4.31 Å². The number of rotatable bonds is 3. The number of benzene rings is 1. The van der Waals surface area contributed by atoms with Crippen LogP contribution in [0.25, 0.3) is 0 Å². The van der Waals surface area contributed by atoms with E-state index < -0.39 is 10.0 Å². The summed E-state index contributed by atoms with van der Waals surface area (Å²) < 4.78 is 24.8. The third kappa shape index (κ3) is 2.59. The number of fused-ring (bicyclic) bond motifs is 1. The lowest BCUT2D eigenvalue weighted by Gasteiger charge is -2.34. The Morgan fingerprint density at radius 2 is 1.77 bits per heavy atom. The molecule has 3 aliphatic heterocycles. The van der Waals surface area contributed by atoms with Crippen LogP contribution in [-0.4, -0.2) is 72.3 Å². The van der Waals surface area contributed by atoms with Crippen molar-refractivity contribution in [2.45, 2.75) is 17.6 Å². The Kier molecular flexibility index (Phi) is 3.73. The van der Waals surface area contributed by atoms with Gasteiger partial charge >= 0.3 is 0 Å². The minimum absolute atomic E-state index is 0.491. The van der Waals surface area contributed by atoms with Gasteiger partial charge in [-0.3, -0.25) is 9.80 Å². The molecule has 0 saturated carbocycles. The van der Waals surface area contributed by atoms with Crippen LogP contribution in [0.3, 0.4) is 0 Å². The van der Waals surface area contributed by atoms with Crippen molar-refractivity contribution in [2.75, 3.05) is 38.2 Å². The highest BCUT2D eigenvalue weighted by atomic mass is 32.2. The third-order valence-electron chi connectivity index (χ3n) is 4.85. The normalized spacial score (nSPS) is 36.2. The molecular formula is C15H21N3O2S2. The first-order chi connectivity index (χ1) is 10.6. The molecule has 1 aromatic rings. The van der Waals surface area contributed by atoms with Gasteiger partial charge in [0.2, 0.25) is 10.0 Å². The van der Waals surface area contributed by atoms with Gasteiger partial charge in [0, 0.05) is 38.0 Å². The van der Waals surface area contributed by atoms with E-state index in [2.05, 4.69) is 40.1 Å². The molecule has 0 N–H and O–H groups in total. The van der Waals surface area contributed by atoms with E-state index in [1.165, 1.54) is 11.8 Å². The third-order valence-corrected chi connectivity index (χ3v) is 7.49. The van der Waals surface area contributed by atoms with Crippen LogP contribution in [0.1, 0.15) is 11.6 Å². The van der Waals surface area contributed by atoms with Crippen LogP contribution in [0, 0.1) is 0 Å². The SMILES string of the molecule is CS(=O)(=O)N1CCN(C2C3SCC(c4ccccc4)N32)CC1. The highest BCUT2D eigenvalue weighted by Gasteiger charge is 2.59. The van der Waals surface area contributed by atoms with E-state index in [1.807, 2.05) is 11.8 Å². The van der Waals surface area contributed by atoms with Crippen LogP contribution in [0.4, 0.5) is 0 Å². The number of thioether (sulfide) groups is 1. The lowest BCUT2D eigenvalue weighted by molar-refractivity contribution is 0.146. The summed E-state index contributed by atoms with van der Waals surface area (Å²) in [7, 11) is -3.04. The van der Waals surface area contributed by atoms with Crippen molar-refractivity contribution in [3.63, 3.8) is 0 Å². The Labute approximate surface area is 136 Å². The minimum Gasteiger partial charge on any atom is -0.283 e. The molecule has 0 aliphatic carbocycles. The molecule has 4 rings (SSSR count). The molecule has 0 radical (unpaired) electrons. The van der Waals surface area contributed by atoms with Gasteiger partial charge in [-0.15, -0.1) is 11.8 Å². The van der Waals surface area contributed by atoms with Crippen LogP contribution in [0.5, 0.6) is 0 Å². The van der Waals surface area contributed by atoms with Crippen LogP contribution >= 0.6 is 11.8 Å². The maximum absolute atomic E-state index is 11.6. The quantitative estimate of drug-likeness (QED) is 0.770. The Morgan fingerprint density at radius 1 is 1.09 bits per heavy atom. The van der Waals surface area contributed by atoms with Crippen molar-refractivity contribution in [1.29, 1.82) is 0 Å². The Morgan fingerprint density at radius 3 is 2.41 bits per heavy atom.